The number of aromatic nitrogens is 1. The van der Waals surface area contributed by atoms with Gasteiger partial charge in [-0.2, -0.15) is 0 Å². The summed E-state index contributed by atoms with van der Waals surface area (Å²) in [7, 11) is 3.30. The van der Waals surface area contributed by atoms with Crippen molar-refractivity contribution in [3.8, 4) is 0 Å². The minimum atomic E-state index is -0.164. The third kappa shape index (κ3) is 3.99. The van der Waals surface area contributed by atoms with E-state index in [0.29, 0.717) is 21.9 Å². The highest BCUT2D eigenvalue weighted by Gasteiger charge is 2.09. The fourth-order valence-corrected chi connectivity index (χ4v) is 2.95. The van der Waals surface area contributed by atoms with Crippen molar-refractivity contribution in [2.24, 2.45) is 4.99 Å². The second-order valence-electron chi connectivity index (χ2n) is 5.87. The van der Waals surface area contributed by atoms with Gasteiger partial charge >= 0.3 is 0 Å². The maximum absolute atomic E-state index is 12.0. The van der Waals surface area contributed by atoms with Crippen molar-refractivity contribution < 1.29 is 4.79 Å². The summed E-state index contributed by atoms with van der Waals surface area (Å²) >= 11 is 6.09. The number of hydrogen-bond donors (Lipinski definition) is 2. The van der Waals surface area contributed by atoms with Gasteiger partial charge in [0.05, 0.1) is 5.52 Å². The molecule has 1 amide bonds. The fraction of sp³-hybridized carbons (Fsp3) is 0.0952. The van der Waals surface area contributed by atoms with Crippen molar-refractivity contribution in [1.29, 1.82) is 0 Å². The molecule has 6 heteroatoms. The molecule has 1 heterocycles. The second kappa shape index (κ2) is 8.01. The van der Waals surface area contributed by atoms with E-state index >= 15 is 0 Å². The number of benzene rings is 2. The predicted octanol–water partition coefficient (Wildman–Crippen LogP) is 2.88. The minimum absolute atomic E-state index is 0.164. The Morgan fingerprint density at radius 2 is 2.07 bits per heavy atom. The van der Waals surface area contributed by atoms with Crippen LogP contribution >= 0.6 is 11.6 Å². The maximum Gasteiger partial charge on any atom is 0.251 e. The molecule has 1 aromatic heterocycles. The van der Waals surface area contributed by atoms with Gasteiger partial charge in [0, 0.05) is 47.2 Å². The highest BCUT2D eigenvalue weighted by Crippen LogP contribution is 2.18. The molecule has 3 aromatic rings. The molecular formula is C21H19ClN4O. The molecule has 136 valence electrons. The van der Waals surface area contributed by atoms with Crippen molar-refractivity contribution in [2.45, 2.75) is 0 Å². The molecule has 2 N–H and O–H groups in total. The molecule has 5 nitrogen and oxygen atoms in total. The number of nitrogens with one attached hydrogen (secondary N) is 2. The summed E-state index contributed by atoms with van der Waals surface area (Å²) in [5.41, 5.74) is 2.02. The van der Waals surface area contributed by atoms with E-state index in [1.807, 2.05) is 30.3 Å². The Kier molecular flexibility index (Phi) is 5.52. The number of rotatable bonds is 4. The van der Waals surface area contributed by atoms with Gasteiger partial charge in [0.15, 0.2) is 0 Å². The SMILES string of the molecule is C=c1/c(=C\C=N/C)c(Nc2cccc(Cl)c2)nc2cc(C(=O)NC)ccc12. The normalized spacial score (nSPS) is 11.9. The summed E-state index contributed by atoms with van der Waals surface area (Å²) in [5.74, 6) is 0.450. The number of pyridine rings is 1. The van der Waals surface area contributed by atoms with E-state index in [0.717, 1.165) is 21.5 Å². The first kappa shape index (κ1) is 18.6. The summed E-state index contributed by atoms with van der Waals surface area (Å²) in [4.78, 5) is 20.7. The van der Waals surface area contributed by atoms with Crippen LogP contribution in [0.15, 0.2) is 47.5 Å². The van der Waals surface area contributed by atoms with Gasteiger partial charge in [0.25, 0.3) is 5.91 Å². The molecule has 3 rings (SSSR count). The van der Waals surface area contributed by atoms with Gasteiger partial charge in [-0.05, 0) is 41.6 Å². The standard InChI is InChI=1S/C21H19ClN4O/c1-13-17-8-7-14(21(27)24-3)11-19(17)26-20(18(13)9-10-23-2)25-16-6-4-5-15(22)12-16/h4-12H,1H2,2-3H3,(H,24,27)(H,25,26)/b18-9+,23-10-. The molecule has 0 bridgehead atoms. The zero-order valence-electron chi connectivity index (χ0n) is 15.1. The zero-order valence-corrected chi connectivity index (χ0v) is 15.8. The van der Waals surface area contributed by atoms with E-state index in [4.69, 9.17) is 16.6 Å². The number of carbonyl (C=O) groups is 1. The van der Waals surface area contributed by atoms with Crippen LogP contribution in [-0.2, 0) is 0 Å². The van der Waals surface area contributed by atoms with Gasteiger partial charge in [-0.1, -0.05) is 30.3 Å². The van der Waals surface area contributed by atoms with Gasteiger partial charge < -0.3 is 10.6 Å². The van der Waals surface area contributed by atoms with Gasteiger partial charge in [-0.3, -0.25) is 9.79 Å². The Morgan fingerprint density at radius 1 is 1.26 bits per heavy atom. The number of halogens is 1. The van der Waals surface area contributed by atoms with Crippen molar-refractivity contribution in [2.75, 3.05) is 19.4 Å². The quantitative estimate of drug-likeness (QED) is 0.686. The van der Waals surface area contributed by atoms with E-state index in [-0.39, 0.29) is 5.91 Å². The van der Waals surface area contributed by atoms with Crippen molar-refractivity contribution >= 4 is 58.8 Å². The lowest BCUT2D eigenvalue weighted by Gasteiger charge is -2.10. The molecule has 27 heavy (non-hydrogen) atoms. The van der Waals surface area contributed by atoms with Crippen LogP contribution in [0.5, 0.6) is 0 Å². The van der Waals surface area contributed by atoms with Crippen LogP contribution in [0.1, 0.15) is 10.4 Å². The molecule has 0 atom stereocenters. The van der Waals surface area contributed by atoms with E-state index in [1.54, 1.807) is 38.5 Å². The van der Waals surface area contributed by atoms with Crippen LogP contribution in [0.4, 0.5) is 11.5 Å². The summed E-state index contributed by atoms with van der Waals surface area (Å²) in [6.07, 6.45) is 3.55. The van der Waals surface area contributed by atoms with Gasteiger partial charge in [-0.25, -0.2) is 4.98 Å². The lowest BCUT2D eigenvalue weighted by Crippen LogP contribution is -2.29. The molecule has 0 unspecified atom stereocenters. The molecule has 2 aromatic carbocycles. The van der Waals surface area contributed by atoms with E-state index in [9.17, 15) is 4.79 Å². The monoisotopic (exact) mass is 378 g/mol. The smallest absolute Gasteiger partial charge is 0.251 e. The molecule has 0 aliphatic rings. The first-order valence-corrected chi connectivity index (χ1v) is 8.71. The lowest BCUT2D eigenvalue weighted by atomic mass is 10.1. The molecule has 0 spiro atoms. The Labute approximate surface area is 162 Å². The van der Waals surface area contributed by atoms with Gasteiger partial charge in [0.2, 0.25) is 0 Å². The molecule has 0 aliphatic carbocycles. The molecule has 0 radical (unpaired) electrons. The molecule has 0 aliphatic heterocycles. The van der Waals surface area contributed by atoms with Crippen molar-refractivity contribution in [3.63, 3.8) is 0 Å². The summed E-state index contributed by atoms with van der Waals surface area (Å²) in [5, 5.41) is 9.03. The summed E-state index contributed by atoms with van der Waals surface area (Å²) in [6.45, 7) is 4.22. The number of anilines is 2. The van der Waals surface area contributed by atoms with Gasteiger partial charge in [-0.15, -0.1) is 0 Å². The summed E-state index contributed by atoms with van der Waals surface area (Å²) in [6, 6.07) is 12.8. The first-order chi connectivity index (χ1) is 13.0. The third-order valence-corrected chi connectivity index (χ3v) is 4.34. The lowest BCUT2D eigenvalue weighted by molar-refractivity contribution is 0.0963. The van der Waals surface area contributed by atoms with Crippen LogP contribution in [0.2, 0.25) is 5.02 Å². The number of carbonyl (C=O) groups excluding carboxylic acids is 1. The van der Waals surface area contributed by atoms with E-state index in [2.05, 4.69) is 22.2 Å². The van der Waals surface area contributed by atoms with E-state index in [1.165, 1.54) is 0 Å². The first-order valence-electron chi connectivity index (χ1n) is 8.33. The van der Waals surface area contributed by atoms with Gasteiger partial charge in [0.1, 0.15) is 5.82 Å². The highest BCUT2D eigenvalue weighted by atomic mass is 35.5. The number of amides is 1. The topological polar surface area (TPSA) is 66.4 Å². The van der Waals surface area contributed by atoms with Crippen LogP contribution in [0.3, 0.4) is 0 Å². The van der Waals surface area contributed by atoms with Crippen LogP contribution in [0, 0.1) is 0 Å². The minimum Gasteiger partial charge on any atom is -0.355 e. The zero-order chi connectivity index (χ0) is 19.4. The Bertz CT molecular complexity index is 1150. The Balaban J connectivity index is 2.24. The molecule has 0 saturated carbocycles. The fourth-order valence-electron chi connectivity index (χ4n) is 2.76. The largest absolute Gasteiger partial charge is 0.355 e. The number of fused-ring (bicyclic) bond motifs is 1. The molecule has 0 saturated heterocycles. The highest BCUT2D eigenvalue weighted by molar-refractivity contribution is 6.30. The average molecular weight is 379 g/mol. The van der Waals surface area contributed by atoms with Crippen molar-refractivity contribution in [1.82, 2.24) is 10.3 Å². The summed E-state index contributed by atoms with van der Waals surface area (Å²) < 4.78 is 0. The number of nitrogens with zero attached hydrogens (tertiary/aromatic N) is 2. The van der Waals surface area contributed by atoms with Crippen LogP contribution in [-0.4, -0.2) is 31.2 Å². The average Bonchev–Trinajstić information content (AvgIpc) is 2.66. The Hall–Kier alpha value is -3.18. The predicted molar refractivity (Wildman–Crippen MR) is 114 cm³/mol. The van der Waals surface area contributed by atoms with Crippen molar-refractivity contribution in [3.05, 3.63) is 63.5 Å². The number of aliphatic imine (C=N–C) groups is 1. The van der Waals surface area contributed by atoms with E-state index < -0.39 is 0 Å². The Morgan fingerprint density at radius 3 is 2.78 bits per heavy atom. The third-order valence-electron chi connectivity index (χ3n) is 4.10. The second-order valence-corrected chi connectivity index (χ2v) is 6.31. The van der Waals surface area contributed by atoms with Crippen LogP contribution in [0.25, 0.3) is 23.6 Å². The molecule has 0 fully saturated rings. The number of hydrogen-bond acceptors (Lipinski definition) is 4. The molecular weight excluding hydrogens is 360 g/mol. The maximum atomic E-state index is 12.0. The van der Waals surface area contributed by atoms with Crippen LogP contribution < -0.4 is 21.1 Å².